The van der Waals surface area contributed by atoms with Crippen molar-refractivity contribution in [1.29, 1.82) is 0 Å². The summed E-state index contributed by atoms with van der Waals surface area (Å²) in [6.45, 7) is -0.250. The first-order valence-corrected chi connectivity index (χ1v) is 4.86. The zero-order valence-corrected chi connectivity index (χ0v) is 6.21. The van der Waals surface area contributed by atoms with E-state index in [0.29, 0.717) is 0 Å². The second-order valence-electron chi connectivity index (χ2n) is 2.59. The number of hydrogen-bond donors (Lipinski definition) is 2. The average Bonchev–Trinajstić information content (AvgIpc) is 2.05. The summed E-state index contributed by atoms with van der Waals surface area (Å²) in [5.74, 6) is -0.742. The van der Waals surface area contributed by atoms with Gasteiger partial charge in [0.05, 0.1) is 17.6 Å². The lowest BCUT2D eigenvalue weighted by Crippen LogP contribution is -2.20. The molecular formula is C5H10O4S. The zero-order chi connectivity index (χ0) is 7.78. The molecule has 4 nitrogen and oxygen atoms in total. The van der Waals surface area contributed by atoms with Crippen LogP contribution in [0.2, 0.25) is 0 Å². The molecule has 0 aromatic carbocycles. The summed E-state index contributed by atoms with van der Waals surface area (Å²) < 4.78 is 21.5. The molecule has 2 N–H and O–H groups in total. The first-order valence-electron chi connectivity index (χ1n) is 3.04. The molecule has 0 aliphatic carbocycles. The molecule has 0 spiro atoms. The normalized spacial score (nSPS) is 38.2. The Balaban J connectivity index is 2.71. The molecular weight excluding hydrogens is 156 g/mol. The predicted octanol–water partition coefficient (Wildman–Crippen LogP) is -1.62. The second-order valence-corrected chi connectivity index (χ2v) is 4.74. The molecule has 1 fully saturated rings. The van der Waals surface area contributed by atoms with Crippen LogP contribution in [0.15, 0.2) is 0 Å². The van der Waals surface area contributed by atoms with Crippen molar-refractivity contribution in [3.8, 4) is 0 Å². The Hall–Kier alpha value is -0.130. The Labute approximate surface area is 59.4 Å². The Morgan fingerprint density at radius 2 is 2.00 bits per heavy atom. The highest BCUT2D eigenvalue weighted by Gasteiger charge is 2.35. The van der Waals surface area contributed by atoms with Gasteiger partial charge in [0.2, 0.25) is 0 Å². The molecule has 1 aliphatic heterocycles. The quantitative estimate of drug-likeness (QED) is 0.491. The fourth-order valence-corrected chi connectivity index (χ4v) is 2.98. The van der Waals surface area contributed by atoms with Gasteiger partial charge in [-0.15, -0.1) is 0 Å². The van der Waals surface area contributed by atoms with E-state index >= 15 is 0 Å². The minimum Gasteiger partial charge on any atom is -0.396 e. The van der Waals surface area contributed by atoms with Crippen molar-refractivity contribution in [2.75, 3.05) is 18.1 Å². The molecule has 1 rings (SSSR count). The minimum atomic E-state index is -3.07. The predicted molar refractivity (Wildman–Crippen MR) is 35.2 cm³/mol. The van der Waals surface area contributed by atoms with Crippen LogP contribution in [0.3, 0.4) is 0 Å². The number of rotatable bonds is 1. The van der Waals surface area contributed by atoms with Gasteiger partial charge in [0.15, 0.2) is 9.84 Å². The topological polar surface area (TPSA) is 74.6 Å². The van der Waals surface area contributed by atoms with Gasteiger partial charge in [-0.1, -0.05) is 0 Å². The third-order valence-electron chi connectivity index (χ3n) is 1.67. The Kier molecular flexibility index (Phi) is 1.98. The molecule has 60 valence electrons. The van der Waals surface area contributed by atoms with E-state index in [1.807, 2.05) is 0 Å². The molecule has 0 saturated carbocycles. The van der Waals surface area contributed by atoms with Gasteiger partial charge in [-0.2, -0.15) is 0 Å². The molecule has 5 heteroatoms. The van der Waals surface area contributed by atoms with Crippen LogP contribution >= 0.6 is 0 Å². The molecule has 0 radical (unpaired) electrons. The highest BCUT2D eigenvalue weighted by atomic mass is 32.2. The van der Waals surface area contributed by atoms with Gasteiger partial charge in [-0.25, -0.2) is 8.42 Å². The summed E-state index contributed by atoms with van der Waals surface area (Å²) in [6.07, 6.45) is -0.866. The third kappa shape index (κ3) is 1.47. The summed E-state index contributed by atoms with van der Waals surface area (Å²) in [7, 11) is -3.07. The largest absolute Gasteiger partial charge is 0.396 e. The standard InChI is InChI=1S/C5H10O4S/c6-1-4-2-10(8,9)3-5(4)7/h4-7H,1-3H2. The van der Waals surface area contributed by atoms with Crippen molar-refractivity contribution < 1.29 is 18.6 Å². The number of aliphatic hydroxyl groups excluding tert-OH is 2. The van der Waals surface area contributed by atoms with E-state index in [0.717, 1.165) is 0 Å². The van der Waals surface area contributed by atoms with Crippen LogP contribution in [0.25, 0.3) is 0 Å². The maximum atomic E-state index is 10.7. The fraction of sp³-hybridized carbons (Fsp3) is 1.00. The summed E-state index contributed by atoms with van der Waals surface area (Å²) >= 11 is 0. The summed E-state index contributed by atoms with van der Waals surface area (Å²) in [5.41, 5.74) is 0. The smallest absolute Gasteiger partial charge is 0.153 e. The molecule has 0 bridgehead atoms. The van der Waals surface area contributed by atoms with Gasteiger partial charge in [-0.3, -0.25) is 0 Å². The van der Waals surface area contributed by atoms with E-state index < -0.39 is 21.9 Å². The molecule has 2 atom stereocenters. The van der Waals surface area contributed by atoms with Crippen LogP contribution in [0.1, 0.15) is 0 Å². The maximum absolute atomic E-state index is 10.7. The number of hydrogen-bond acceptors (Lipinski definition) is 4. The Bertz CT molecular complexity index is 208. The van der Waals surface area contributed by atoms with Gasteiger partial charge in [0.1, 0.15) is 0 Å². The van der Waals surface area contributed by atoms with Gasteiger partial charge >= 0.3 is 0 Å². The molecule has 1 saturated heterocycles. The van der Waals surface area contributed by atoms with E-state index in [1.54, 1.807) is 0 Å². The van der Waals surface area contributed by atoms with E-state index in [1.165, 1.54) is 0 Å². The maximum Gasteiger partial charge on any atom is 0.153 e. The van der Waals surface area contributed by atoms with Crippen LogP contribution in [-0.4, -0.2) is 42.8 Å². The summed E-state index contributed by atoms with van der Waals surface area (Å²) in [5, 5.41) is 17.5. The van der Waals surface area contributed by atoms with Crippen molar-refractivity contribution in [2.45, 2.75) is 6.10 Å². The van der Waals surface area contributed by atoms with Crippen molar-refractivity contribution in [2.24, 2.45) is 5.92 Å². The lowest BCUT2D eigenvalue weighted by molar-refractivity contribution is 0.104. The molecule has 2 unspecified atom stereocenters. The molecule has 1 heterocycles. The van der Waals surface area contributed by atoms with Gasteiger partial charge in [-0.05, 0) is 0 Å². The average molecular weight is 166 g/mol. The fourth-order valence-electron chi connectivity index (χ4n) is 1.08. The van der Waals surface area contributed by atoms with Crippen LogP contribution in [-0.2, 0) is 9.84 Å². The van der Waals surface area contributed by atoms with Crippen LogP contribution < -0.4 is 0 Å². The highest BCUT2D eigenvalue weighted by molar-refractivity contribution is 7.91. The second kappa shape index (κ2) is 2.48. The van der Waals surface area contributed by atoms with Gasteiger partial charge < -0.3 is 10.2 Å². The Morgan fingerprint density at radius 1 is 1.40 bits per heavy atom. The third-order valence-corrected chi connectivity index (χ3v) is 3.46. The van der Waals surface area contributed by atoms with E-state index in [2.05, 4.69) is 0 Å². The lowest BCUT2D eigenvalue weighted by Gasteiger charge is -2.06. The zero-order valence-electron chi connectivity index (χ0n) is 5.40. The van der Waals surface area contributed by atoms with Crippen molar-refractivity contribution in [3.05, 3.63) is 0 Å². The van der Waals surface area contributed by atoms with E-state index in [9.17, 15) is 8.42 Å². The lowest BCUT2D eigenvalue weighted by atomic mass is 10.1. The highest BCUT2D eigenvalue weighted by Crippen LogP contribution is 2.17. The first kappa shape index (κ1) is 7.97. The number of aliphatic hydroxyl groups is 2. The summed E-state index contributed by atoms with van der Waals surface area (Å²) in [6, 6.07) is 0. The summed E-state index contributed by atoms with van der Waals surface area (Å²) in [4.78, 5) is 0. The molecule has 10 heavy (non-hydrogen) atoms. The minimum absolute atomic E-state index is 0.0787. The first-order chi connectivity index (χ1) is 4.55. The molecule has 0 aromatic rings. The molecule has 1 aliphatic rings. The van der Waals surface area contributed by atoms with Crippen molar-refractivity contribution >= 4 is 9.84 Å². The van der Waals surface area contributed by atoms with Crippen LogP contribution in [0, 0.1) is 5.92 Å². The van der Waals surface area contributed by atoms with Crippen LogP contribution in [0.5, 0.6) is 0 Å². The van der Waals surface area contributed by atoms with Gasteiger partial charge in [0.25, 0.3) is 0 Å². The van der Waals surface area contributed by atoms with Crippen molar-refractivity contribution in [3.63, 3.8) is 0 Å². The molecule has 0 aromatic heterocycles. The molecule has 0 amide bonds. The van der Waals surface area contributed by atoms with Gasteiger partial charge in [0, 0.05) is 12.5 Å². The Morgan fingerprint density at radius 3 is 2.20 bits per heavy atom. The van der Waals surface area contributed by atoms with E-state index in [4.69, 9.17) is 10.2 Å². The van der Waals surface area contributed by atoms with E-state index in [-0.39, 0.29) is 18.1 Å². The SMILES string of the molecule is O=S1(=O)CC(O)C(CO)C1. The monoisotopic (exact) mass is 166 g/mol. The van der Waals surface area contributed by atoms with Crippen LogP contribution in [0.4, 0.5) is 0 Å². The van der Waals surface area contributed by atoms with Crippen molar-refractivity contribution in [1.82, 2.24) is 0 Å². The number of sulfone groups is 1.